The summed E-state index contributed by atoms with van der Waals surface area (Å²) in [6.45, 7) is 5.88. The first-order valence-electron chi connectivity index (χ1n) is 4.74. The summed E-state index contributed by atoms with van der Waals surface area (Å²) in [6, 6.07) is -3.43. The summed E-state index contributed by atoms with van der Waals surface area (Å²) < 4.78 is 9.88. The van der Waals surface area contributed by atoms with Crippen molar-refractivity contribution in [2.75, 3.05) is 6.61 Å². The number of carbonyl (C=O) groups is 2. The molecule has 0 amide bonds. The molecule has 0 aliphatic carbocycles. The summed E-state index contributed by atoms with van der Waals surface area (Å²) in [5.41, 5.74) is 0. The lowest BCUT2D eigenvalue weighted by molar-refractivity contribution is -0.158. The molecule has 0 radical (unpaired) electrons. The number of halogens is 3. The van der Waals surface area contributed by atoms with Crippen molar-refractivity contribution in [1.29, 1.82) is 0 Å². The summed E-state index contributed by atoms with van der Waals surface area (Å²) in [6.07, 6.45) is 1.19. The first kappa shape index (κ1) is 16.8. The SMILES string of the molecule is C=CC(=O)OC(CC)(COC(C)=O)[Si](Cl)(Cl)Cl. The standard InChI is InChI=1S/C9H13Cl3O4Si/c1-4-8(14)16-9(5-2,17(10,11)12)6-15-7(3)13/h4H,1,5-6H2,2-3H3. The fourth-order valence-electron chi connectivity index (χ4n) is 0.996. The third-order valence-corrected chi connectivity index (χ3v) is 6.79. The van der Waals surface area contributed by atoms with E-state index in [1.807, 2.05) is 0 Å². The number of hydrogen-bond acceptors (Lipinski definition) is 4. The Morgan fingerprint density at radius 3 is 2.24 bits per heavy atom. The van der Waals surface area contributed by atoms with Crippen molar-refractivity contribution < 1.29 is 19.1 Å². The maximum absolute atomic E-state index is 11.2. The van der Waals surface area contributed by atoms with Gasteiger partial charge in [0.15, 0.2) is 5.22 Å². The highest BCUT2D eigenvalue weighted by Crippen LogP contribution is 2.38. The Morgan fingerprint density at radius 2 is 1.94 bits per heavy atom. The van der Waals surface area contributed by atoms with Crippen LogP contribution >= 0.6 is 33.2 Å². The fraction of sp³-hybridized carbons (Fsp3) is 0.556. The van der Waals surface area contributed by atoms with Crippen LogP contribution in [0.15, 0.2) is 12.7 Å². The van der Waals surface area contributed by atoms with Crippen LogP contribution in [-0.2, 0) is 19.1 Å². The first-order chi connectivity index (χ1) is 7.68. The number of ether oxygens (including phenoxy) is 2. The monoisotopic (exact) mass is 318 g/mol. The van der Waals surface area contributed by atoms with E-state index in [1.54, 1.807) is 6.92 Å². The maximum Gasteiger partial charge on any atom is 0.388 e. The van der Waals surface area contributed by atoms with E-state index in [2.05, 4.69) is 6.58 Å². The normalized spacial score (nSPS) is 14.6. The van der Waals surface area contributed by atoms with Crippen LogP contribution in [0, 0.1) is 0 Å². The molecule has 4 nitrogen and oxygen atoms in total. The van der Waals surface area contributed by atoms with Crippen LogP contribution in [0.4, 0.5) is 0 Å². The Kier molecular flexibility index (Phi) is 6.54. The van der Waals surface area contributed by atoms with E-state index in [-0.39, 0.29) is 13.0 Å². The smallest absolute Gasteiger partial charge is 0.388 e. The summed E-state index contributed by atoms with van der Waals surface area (Å²) >= 11 is 17.7. The molecule has 0 saturated heterocycles. The van der Waals surface area contributed by atoms with Gasteiger partial charge >= 0.3 is 17.9 Å². The van der Waals surface area contributed by atoms with Gasteiger partial charge < -0.3 is 9.47 Å². The van der Waals surface area contributed by atoms with E-state index in [9.17, 15) is 9.59 Å². The highest BCUT2D eigenvalue weighted by atomic mass is 35.8. The van der Waals surface area contributed by atoms with Gasteiger partial charge in [0.2, 0.25) is 0 Å². The van der Waals surface area contributed by atoms with Crippen LogP contribution in [0.3, 0.4) is 0 Å². The molecule has 0 rings (SSSR count). The number of carbonyl (C=O) groups excluding carboxylic acids is 2. The fourth-order valence-corrected chi connectivity index (χ4v) is 3.89. The molecule has 98 valence electrons. The van der Waals surface area contributed by atoms with Crippen molar-refractivity contribution in [2.24, 2.45) is 0 Å². The Balaban J connectivity index is 5.07. The molecule has 0 aromatic heterocycles. The zero-order valence-corrected chi connectivity index (χ0v) is 12.7. The van der Waals surface area contributed by atoms with Gasteiger partial charge in [0.05, 0.1) is 0 Å². The van der Waals surface area contributed by atoms with E-state index in [1.165, 1.54) is 6.92 Å². The molecule has 0 aromatic carbocycles. The van der Waals surface area contributed by atoms with Gasteiger partial charge in [0.25, 0.3) is 0 Å². The van der Waals surface area contributed by atoms with Crippen molar-refractivity contribution in [1.82, 2.24) is 0 Å². The molecule has 0 aromatic rings. The molecule has 0 N–H and O–H groups in total. The summed E-state index contributed by atoms with van der Waals surface area (Å²) in [7, 11) is 0. The molecule has 0 aliphatic rings. The quantitative estimate of drug-likeness (QED) is 0.327. The lowest BCUT2D eigenvalue weighted by atomic mass is 10.3. The minimum Gasteiger partial charge on any atom is -0.462 e. The molecule has 1 atom stereocenters. The van der Waals surface area contributed by atoms with Crippen molar-refractivity contribution in [3.63, 3.8) is 0 Å². The lowest BCUT2D eigenvalue weighted by Crippen LogP contribution is -2.54. The third-order valence-electron chi connectivity index (χ3n) is 2.06. The molecule has 0 spiro atoms. The minimum absolute atomic E-state index is 0.225. The van der Waals surface area contributed by atoms with Crippen molar-refractivity contribution in [2.45, 2.75) is 25.5 Å². The molecular weight excluding hydrogens is 307 g/mol. The van der Waals surface area contributed by atoms with E-state index in [0.717, 1.165) is 6.08 Å². The second-order valence-corrected chi connectivity index (χ2v) is 12.0. The van der Waals surface area contributed by atoms with Gasteiger partial charge in [-0.1, -0.05) is 13.5 Å². The van der Waals surface area contributed by atoms with Gasteiger partial charge in [0.1, 0.15) is 6.61 Å². The molecule has 0 saturated carbocycles. The van der Waals surface area contributed by atoms with Gasteiger partial charge in [0, 0.05) is 13.0 Å². The maximum atomic E-state index is 11.2. The molecule has 0 aliphatic heterocycles. The van der Waals surface area contributed by atoms with E-state index in [0.29, 0.717) is 0 Å². The van der Waals surface area contributed by atoms with Gasteiger partial charge in [-0.25, -0.2) is 4.79 Å². The van der Waals surface area contributed by atoms with E-state index < -0.39 is 23.2 Å². The minimum atomic E-state index is -3.43. The molecule has 0 heterocycles. The second kappa shape index (κ2) is 6.63. The van der Waals surface area contributed by atoms with Crippen LogP contribution in [-0.4, -0.2) is 29.8 Å². The molecular formula is C9H13Cl3O4Si. The highest BCUT2D eigenvalue weighted by molar-refractivity contribution is 7.65. The Hall–Kier alpha value is -0.233. The Bertz CT molecular complexity index is 316. The molecule has 8 heteroatoms. The number of esters is 2. The van der Waals surface area contributed by atoms with Crippen LogP contribution in [0.5, 0.6) is 0 Å². The van der Waals surface area contributed by atoms with E-state index >= 15 is 0 Å². The first-order valence-corrected chi connectivity index (χ1v) is 9.77. The Labute approximate surface area is 115 Å². The van der Waals surface area contributed by atoms with Crippen LogP contribution in [0.25, 0.3) is 0 Å². The third kappa shape index (κ3) is 4.87. The predicted molar refractivity (Wildman–Crippen MR) is 69.3 cm³/mol. The average Bonchev–Trinajstić information content (AvgIpc) is 2.21. The molecule has 0 fully saturated rings. The summed E-state index contributed by atoms with van der Waals surface area (Å²) in [5, 5.41) is -1.39. The summed E-state index contributed by atoms with van der Waals surface area (Å²) in [5.74, 6) is -1.27. The molecule has 17 heavy (non-hydrogen) atoms. The zero-order chi connectivity index (χ0) is 13.7. The van der Waals surface area contributed by atoms with Crippen LogP contribution in [0.1, 0.15) is 20.3 Å². The largest absolute Gasteiger partial charge is 0.462 e. The number of rotatable bonds is 6. The summed E-state index contributed by atoms with van der Waals surface area (Å²) in [4.78, 5) is 22.0. The average molecular weight is 320 g/mol. The predicted octanol–water partition coefficient (Wildman–Crippen LogP) is 2.62. The second-order valence-electron chi connectivity index (χ2n) is 3.25. The van der Waals surface area contributed by atoms with Gasteiger partial charge in [-0.3, -0.25) is 4.79 Å². The topological polar surface area (TPSA) is 52.6 Å². The van der Waals surface area contributed by atoms with Crippen LogP contribution < -0.4 is 0 Å². The van der Waals surface area contributed by atoms with Crippen molar-refractivity contribution >= 4 is 51.2 Å². The molecule has 0 bridgehead atoms. The highest BCUT2D eigenvalue weighted by Gasteiger charge is 2.55. The van der Waals surface area contributed by atoms with Gasteiger partial charge in [-0.05, 0) is 6.42 Å². The zero-order valence-electron chi connectivity index (χ0n) is 9.47. The van der Waals surface area contributed by atoms with Crippen LogP contribution in [0.2, 0.25) is 0 Å². The van der Waals surface area contributed by atoms with Gasteiger partial charge in [-0.2, -0.15) is 0 Å². The number of hydrogen-bond donors (Lipinski definition) is 0. The lowest BCUT2D eigenvalue weighted by Gasteiger charge is -2.35. The van der Waals surface area contributed by atoms with Crippen molar-refractivity contribution in [3.8, 4) is 0 Å². The van der Waals surface area contributed by atoms with E-state index in [4.69, 9.17) is 42.7 Å². The van der Waals surface area contributed by atoms with Gasteiger partial charge in [-0.15, -0.1) is 33.2 Å². The Morgan fingerprint density at radius 1 is 1.41 bits per heavy atom. The van der Waals surface area contributed by atoms with Crippen molar-refractivity contribution in [3.05, 3.63) is 12.7 Å². The molecule has 1 unspecified atom stereocenters.